The van der Waals surface area contributed by atoms with Crippen molar-refractivity contribution in [2.24, 2.45) is 23.7 Å². The first-order valence-electron chi connectivity index (χ1n) is 12.1. The van der Waals surface area contributed by atoms with Gasteiger partial charge in [0, 0.05) is 12.5 Å². The first kappa shape index (κ1) is 28.7. The van der Waals surface area contributed by atoms with Crippen LogP contribution < -0.4 is 16.0 Å². The van der Waals surface area contributed by atoms with Crippen LogP contribution in [0.25, 0.3) is 0 Å². The van der Waals surface area contributed by atoms with Crippen LogP contribution in [0.1, 0.15) is 80.6 Å². The number of ether oxygens (including phenoxy) is 1. The van der Waals surface area contributed by atoms with Crippen LogP contribution in [-0.4, -0.2) is 53.2 Å². The first-order chi connectivity index (χ1) is 15.2. The summed E-state index contributed by atoms with van der Waals surface area (Å²) in [6.07, 6.45) is 2.90. The SMILES string of the molecule is CC[C@H](C)[C@@H](NC(=O)C1CCC(CNC(=O)[C@H](NC(=O)OC(C)(C)C)C(C)C)CC1)C(=O)O. The maximum atomic E-state index is 12.7. The highest BCUT2D eigenvalue weighted by Gasteiger charge is 2.32. The van der Waals surface area contributed by atoms with Crippen molar-refractivity contribution < 1.29 is 29.0 Å². The van der Waals surface area contributed by atoms with Crippen LogP contribution in [0, 0.1) is 23.7 Å². The van der Waals surface area contributed by atoms with E-state index in [0.717, 1.165) is 12.8 Å². The number of nitrogens with one attached hydrogen (secondary N) is 3. The largest absolute Gasteiger partial charge is 0.480 e. The molecular formula is C24H43N3O6. The minimum atomic E-state index is -1.01. The molecule has 0 spiro atoms. The van der Waals surface area contributed by atoms with Gasteiger partial charge in [0.25, 0.3) is 0 Å². The average molecular weight is 470 g/mol. The minimum absolute atomic E-state index is 0.107. The molecule has 3 amide bonds. The van der Waals surface area contributed by atoms with Gasteiger partial charge in [-0.3, -0.25) is 9.59 Å². The van der Waals surface area contributed by atoms with Crippen molar-refractivity contribution in [1.29, 1.82) is 0 Å². The number of carboxylic acids is 1. The van der Waals surface area contributed by atoms with Crippen molar-refractivity contribution in [2.75, 3.05) is 6.54 Å². The standard InChI is InChI=1S/C24H43N3O6/c1-8-15(4)19(22(30)31)26-20(28)17-11-9-16(10-12-17)13-25-21(29)18(14(2)3)27-23(32)33-24(5,6)7/h14-19H,8-13H2,1-7H3,(H,25,29)(H,26,28)(H,27,32)(H,30,31)/t15-,16?,17?,18+,19+/m0/s1. The number of hydrogen-bond acceptors (Lipinski definition) is 5. The summed E-state index contributed by atoms with van der Waals surface area (Å²) in [5, 5.41) is 17.7. The van der Waals surface area contributed by atoms with Crippen LogP contribution in [-0.2, 0) is 19.1 Å². The van der Waals surface area contributed by atoms with Crippen molar-refractivity contribution in [3.05, 3.63) is 0 Å². The summed E-state index contributed by atoms with van der Waals surface area (Å²) in [6, 6.07) is -1.57. The van der Waals surface area contributed by atoms with E-state index in [4.69, 9.17) is 4.74 Å². The molecule has 4 N–H and O–H groups in total. The second-order valence-corrected chi connectivity index (χ2v) is 10.5. The monoisotopic (exact) mass is 469 g/mol. The number of carbonyl (C=O) groups excluding carboxylic acids is 3. The lowest BCUT2D eigenvalue weighted by Crippen LogP contribution is -2.51. The summed E-state index contributed by atoms with van der Waals surface area (Å²) in [5.74, 6) is -1.68. The fourth-order valence-corrected chi connectivity index (χ4v) is 3.91. The maximum absolute atomic E-state index is 12.7. The predicted octanol–water partition coefficient (Wildman–Crippen LogP) is 3.07. The highest BCUT2D eigenvalue weighted by Crippen LogP contribution is 2.29. The van der Waals surface area contributed by atoms with Crippen molar-refractivity contribution in [2.45, 2.75) is 98.3 Å². The van der Waals surface area contributed by atoms with Crippen LogP contribution in [0.15, 0.2) is 0 Å². The lowest BCUT2D eigenvalue weighted by Gasteiger charge is -2.30. The summed E-state index contributed by atoms with van der Waals surface area (Å²) in [5.41, 5.74) is -0.647. The Hall–Kier alpha value is -2.32. The van der Waals surface area contributed by atoms with E-state index in [0.29, 0.717) is 25.8 Å². The van der Waals surface area contributed by atoms with Gasteiger partial charge in [-0.05, 0) is 64.2 Å². The first-order valence-corrected chi connectivity index (χ1v) is 12.1. The number of hydrogen-bond donors (Lipinski definition) is 4. The van der Waals surface area contributed by atoms with Gasteiger partial charge < -0.3 is 25.8 Å². The number of carbonyl (C=O) groups is 4. The summed E-state index contributed by atoms with van der Waals surface area (Å²) < 4.78 is 5.26. The van der Waals surface area contributed by atoms with Crippen molar-refractivity contribution >= 4 is 23.9 Å². The van der Waals surface area contributed by atoms with Crippen molar-refractivity contribution in [3.8, 4) is 0 Å². The number of alkyl carbamates (subject to hydrolysis) is 1. The van der Waals surface area contributed by atoms with Crippen LogP contribution in [0.3, 0.4) is 0 Å². The van der Waals surface area contributed by atoms with Crippen LogP contribution >= 0.6 is 0 Å². The van der Waals surface area contributed by atoms with E-state index in [2.05, 4.69) is 16.0 Å². The molecule has 1 aliphatic carbocycles. The molecule has 1 fully saturated rings. The van der Waals surface area contributed by atoms with Gasteiger partial charge in [0.05, 0.1) is 0 Å². The Bertz CT molecular complexity index is 680. The second kappa shape index (κ2) is 12.8. The molecule has 9 nitrogen and oxygen atoms in total. The molecule has 0 heterocycles. The van der Waals surface area contributed by atoms with E-state index in [1.54, 1.807) is 20.8 Å². The van der Waals surface area contributed by atoms with E-state index in [1.807, 2.05) is 27.7 Å². The Morgan fingerprint density at radius 3 is 2.00 bits per heavy atom. The number of carboxylic acid groups (broad SMARTS) is 1. The average Bonchev–Trinajstić information content (AvgIpc) is 2.72. The molecule has 0 aliphatic heterocycles. The Morgan fingerprint density at radius 2 is 1.55 bits per heavy atom. The van der Waals surface area contributed by atoms with Crippen LogP contribution in [0.4, 0.5) is 4.79 Å². The zero-order valence-electron chi connectivity index (χ0n) is 21.2. The quantitative estimate of drug-likeness (QED) is 0.388. The maximum Gasteiger partial charge on any atom is 0.408 e. The van der Waals surface area contributed by atoms with E-state index < -0.39 is 29.7 Å². The molecule has 0 unspecified atom stereocenters. The Kier molecular flexibility index (Phi) is 11.1. The molecule has 0 aromatic heterocycles. The van der Waals surface area contributed by atoms with E-state index in [1.165, 1.54) is 0 Å². The Morgan fingerprint density at radius 1 is 0.970 bits per heavy atom. The topological polar surface area (TPSA) is 134 Å². The fraction of sp³-hybridized carbons (Fsp3) is 0.833. The van der Waals surface area contributed by atoms with Gasteiger partial charge in [0.2, 0.25) is 11.8 Å². The summed E-state index contributed by atoms with van der Waals surface area (Å²) in [6.45, 7) is 13.2. The van der Waals surface area contributed by atoms with Gasteiger partial charge in [0.15, 0.2) is 0 Å². The highest BCUT2D eigenvalue weighted by atomic mass is 16.6. The number of rotatable bonds is 10. The van der Waals surface area contributed by atoms with Gasteiger partial charge in [0.1, 0.15) is 17.7 Å². The lowest BCUT2D eigenvalue weighted by atomic mass is 9.81. The summed E-state index contributed by atoms with van der Waals surface area (Å²) >= 11 is 0. The molecule has 0 radical (unpaired) electrons. The normalized spacial score (nSPS) is 21.5. The number of aliphatic carboxylic acids is 1. The highest BCUT2D eigenvalue weighted by molar-refractivity contribution is 5.86. The molecule has 0 saturated heterocycles. The predicted molar refractivity (Wildman–Crippen MR) is 125 cm³/mol. The van der Waals surface area contributed by atoms with Crippen molar-refractivity contribution in [1.82, 2.24) is 16.0 Å². The van der Waals surface area contributed by atoms with Crippen molar-refractivity contribution in [3.63, 3.8) is 0 Å². The molecule has 3 atom stereocenters. The van der Waals surface area contributed by atoms with Gasteiger partial charge in [-0.15, -0.1) is 0 Å². The minimum Gasteiger partial charge on any atom is -0.480 e. The Balaban J connectivity index is 2.51. The van der Waals surface area contributed by atoms with Gasteiger partial charge in [-0.25, -0.2) is 9.59 Å². The van der Waals surface area contributed by atoms with E-state index >= 15 is 0 Å². The lowest BCUT2D eigenvalue weighted by molar-refractivity contribution is -0.144. The molecule has 9 heteroatoms. The third kappa shape index (κ3) is 10.0. The molecular weight excluding hydrogens is 426 g/mol. The molecule has 0 bridgehead atoms. The summed E-state index contributed by atoms with van der Waals surface area (Å²) in [7, 11) is 0. The van der Waals surface area contributed by atoms with Gasteiger partial charge >= 0.3 is 12.1 Å². The summed E-state index contributed by atoms with van der Waals surface area (Å²) in [4.78, 5) is 48.8. The zero-order valence-corrected chi connectivity index (χ0v) is 21.2. The molecule has 190 valence electrons. The van der Waals surface area contributed by atoms with E-state index in [9.17, 15) is 24.3 Å². The van der Waals surface area contributed by atoms with Crippen LogP contribution in [0.5, 0.6) is 0 Å². The van der Waals surface area contributed by atoms with Crippen LogP contribution in [0.2, 0.25) is 0 Å². The zero-order chi connectivity index (χ0) is 25.3. The number of amides is 3. The second-order valence-electron chi connectivity index (χ2n) is 10.5. The molecule has 1 aliphatic rings. The van der Waals surface area contributed by atoms with E-state index in [-0.39, 0.29) is 35.5 Å². The van der Waals surface area contributed by atoms with Gasteiger partial charge in [-0.1, -0.05) is 34.1 Å². The smallest absolute Gasteiger partial charge is 0.408 e. The molecule has 33 heavy (non-hydrogen) atoms. The third-order valence-corrected chi connectivity index (χ3v) is 6.18. The fourth-order valence-electron chi connectivity index (χ4n) is 3.91. The Labute approximate surface area is 197 Å². The van der Waals surface area contributed by atoms with Gasteiger partial charge in [-0.2, -0.15) is 0 Å². The molecule has 0 aromatic rings. The molecule has 1 saturated carbocycles. The third-order valence-electron chi connectivity index (χ3n) is 6.18. The molecule has 1 rings (SSSR count). The molecule has 0 aromatic carbocycles.